The average molecular weight is 444 g/mol. The van der Waals surface area contributed by atoms with Crippen LogP contribution in [0.4, 0.5) is 0 Å². The summed E-state index contributed by atoms with van der Waals surface area (Å²) in [7, 11) is 0. The van der Waals surface area contributed by atoms with Gasteiger partial charge in [-0.25, -0.2) is 9.59 Å². The molecule has 0 fully saturated rings. The second kappa shape index (κ2) is 11.3. The topological polar surface area (TPSA) is 52.6 Å². The Hall–Kier alpha value is -1.75. The standard InChI is InChI=1S/C21H21Cl3O4/c1-2-3-4-5-6-10-27-20(25)14-8-7-9-15(11-14)21(26)28-19-13-17(23)16(22)12-18(19)24/h7-9,11-13H,2-6,10H2,1H3. The number of carbonyl (C=O) groups is 2. The van der Waals surface area contributed by atoms with Crippen molar-refractivity contribution in [3.05, 3.63) is 62.6 Å². The Morgan fingerprint density at radius 3 is 2.18 bits per heavy atom. The molecule has 0 unspecified atom stereocenters. The molecule has 0 aliphatic rings. The molecule has 28 heavy (non-hydrogen) atoms. The van der Waals surface area contributed by atoms with E-state index < -0.39 is 11.9 Å². The monoisotopic (exact) mass is 442 g/mol. The Morgan fingerprint density at radius 1 is 0.821 bits per heavy atom. The smallest absolute Gasteiger partial charge is 0.343 e. The predicted molar refractivity (Wildman–Crippen MR) is 112 cm³/mol. The van der Waals surface area contributed by atoms with Crippen LogP contribution in [0.25, 0.3) is 0 Å². The summed E-state index contributed by atoms with van der Waals surface area (Å²) >= 11 is 17.8. The van der Waals surface area contributed by atoms with Crippen LogP contribution in [0.2, 0.25) is 15.1 Å². The molecule has 0 saturated carbocycles. The number of carbonyl (C=O) groups excluding carboxylic acids is 2. The number of esters is 2. The van der Waals surface area contributed by atoms with Gasteiger partial charge in [0.25, 0.3) is 0 Å². The minimum Gasteiger partial charge on any atom is -0.462 e. The first-order valence-corrected chi connectivity index (χ1v) is 10.2. The van der Waals surface area contributed by atoms with Crippen LogP contribution in [-0.2, 0) is 4.74 Å². The summed E-state index contributed by atoms with van der Waals surface area (Å²) in [6.45, 7) is 2.50. The fourth-order valence-corrected chi connectivity index (χ4v) is 3.04. The largest absolute Gasteiger partial charge is 0.462 e. The highest BCUT2D eigenvalue weighted by molar-refractivity contribution is 6.43. The van der Waals surface area contributed by atoms with Gasteiger partial charge in [-0.2, -0.15) is 0 Å². The molecule has 7 heteroatoms. The summed E-state index contributed by atoms with van der Waals surface area (Å²) in [4.78, 5) is 24.6. The summed E-state index contributed by atoms with van der Waals surface area (Å²) in [5, 5.41) is 0.623. The van der Waals surface area contributed by atoms with Crippen LogP contribution >= 0.6 is 34.8 Å². The van der Waals surface area contributed by atoms with Gasteiger partial charge < -0.3 is 9.47 Å². The lowest BCUT2D eigenvalue weighted by molar-refractivity contribution is 0.0497. The van der Waals surface area contributed by atoms with E-state index in [1.807, 2.05) is 0 Å². The van der Waals surface area contributed by atoms with Gasteiger partial charge in [0.05, 0.1) is 32.8 Å². The predicted octanol–water partition coefficient (Wildman–Crippen LogP) is 6.99. The Labute approximate surface area is 179 Å². The van der Waals surface area contributed by atoms with E-state index in [1.165, 1.54) is 30.7 Å². The second-order valence-electron chi connectivity index (χ2n) is 6.22. The summed E-state index contributed by atoms with van der Waals surface area (Å²) in [5.74, 6) is -1.06. The lowest BCUT2D eigenvalue weighted by atomic mass is 10.1. The molecule has 0 heterocycles. The molecule has 0 saturated heterocycles. The molecule has 0 bridgehead atoms. The van der Waals surface area contributed by atoms with Crippen molar-refractivity contribution in [3.63, 3.8) is 0 Å². The quantitative estimate of drug-likeness (QED) is 0.181. The van der Waals surface area contributed by atoms with Crippen LogP contribution in [-0.4, -0.2) is 18.5 Å². The van der Waals surface area contributed by atoms with E-state index in [1.54, 1.807) is 12.1 Å². The molecule has 0 aliphatic heterocycles. The van der Waals surface area contributed by atoms with Gasteiger partial charge >= 0.3 is 11.9 Å². The minimum atomic E-state index is -0.672. The number of unbranched alkanes of at least 4 members (excludes halogenated alkanes) is 4. The number of hydrogen-bond donors (Lipinski definition) is 0. The molecule has 2 rings (SSSR count). The molecular formula is C21H21Cl3O4. The van der Waals surface area contributed by atoms with Crippen LogP contribution in [0.15, 0.2) is 36.4 Å². The fourth-order valence-electron chi connectivity index (χ4n) is 2.47. The van der Waals surface area contributed by atoms with E-state index in [0.717, 1.165) is 25.7 Å². The lowest BCUT2D eigenvalue weighted by Gasteiger charge is -2.09. The highest BCUT2D eigenvalue weighted by Crippen LogP contribution is 2.34. The maximum Gasteiger partial charge on any atom is 0.343 e. The Bertz CT molecular complexity index is 836. The first-order chi connectivity index (χ1) is 13.4. The molecule has 4 nitrogen and oxygen atoms in total. The maximum atomic E-state index is 12.4. The zero-order chi connectivity index (χ0) is 20.5. The molecule has 0 N–H and O–H groups in total. The van der Waals surface area contributed by atoms with Crippen molar-refractivity contribution in [1.29, 1.82) is 0 Å². The van der Waals surface area contributed by atoms with Crippen LogP contribution in [0.5, 0.6) is 5.75 Å². The molecule has 2 aromatic rings. The number of ether oxygens (including phenoxy) is 2. The maximum absolute atomic E-state index is 12.4. The second-order valence-corrected chi connectivity index (χ2v) is 7.44. The van der Waals surface area contributed by atoms with E-state index in [-0.39, 0.29) is 31.9 Å². The first-order valence-electron chi connectivity index (χ1n) is 9.06. The zero-order valence-electron chi connectivity index (χ0n) is 15.5. The highest BCUT2D eigenvalue weighted by atomic mass is 35.5. The van der Waals surface area contributed by atoms with E-state index in [9.17, 15) is 9.59 Å². The summed E-state index contributed by atoms with van der Waals surface area (Å²) < 4.78 is 10.5. The zero-order valence-corrected chi connectivity index (χ0v) is 17.7. The van der Waals surface area contributed by atoms with E-state index in [2.05, 4.69) is 6.92 Å². The molecule has 0 atom stereocenters. The van der Waals surface area contributed by atoms with Crippen molar-refractivity contribution in [1.82, 2.24) is 0 Å². The fraction of sp³-hybridized carbons (Fsp3) is 0.333. The Kier molecular flexibility index (Phi) is 9.10. The van der Waals surface area contributed by atoms with Crippen LogP contribution in [0.1, 0.15) is 59.7 Å². The number of rotatable bonds is 9. The summed E-state index contributed by atoms with van der Waals surface area (Å²) in [6, 6.07) is 8.89. The van der Waals surface area contributed by atoms with Crippen LogP contribution in [0, 0.1) is 0 Å². The van der Waals surface area contributed by atoms with Gasteiger partial charge in [-0.15, -0.1) is 0 Å². The molecule has 0 aliphatic carbocycles. The van der Waals surface area contributed by atoms with Gasteiger partial charge in [0.15, 0.2) is 5.75 Å². The average Bonchev–Trinajstić information content (AvgIpc) is 2.68. The molecule has 150 valence electrons. The lowest BCUT2D eigenvalue weighted by Crippen LogP contribution is -2.11. The van der Waals surface area contributed by atoms with Gasteiger partial charge in [0, 0.05) is 6.07 Å². The normalized spacial score (nSPS) is 10.6. The third kappa shape index (κ3) is 6.69. The van der Waals surface area contributed by atoms with Crippen LogP contribution in [0.3, 0.4) is 0 Å². The van der Waals surface area contributed by atoms with Crippen molar-refractivity contribution in [2.75, 3.05) is 6.61 Å². The van der Waals surface area contributed by atoms with Crippen molar-refractivity contribution >= 4 is 46.7 Å². The van der Waals surface area contributed by atoms with Crippen molar-refractivity contribution < 1.29 is 19.1 Å². The first kappa shape index (κ1) is 22.5. The van der Waals surface area contributed by atoms with E-state index in [4.69, 9.17) is 44.3 Å². The van der Waals surface area contributed by atoms with Gasteiger partial charge in [-0.3, -0.25) is 0 Å². The van der Waals surface area contributed by atoms with Gasteiger partial charge in [-0.1, -0.05) is 73.5 Å². The molecule has 0 amide bonds. The van der Waals surface area contributed by atoms with Crippen molar-refractivity contribution in [2.24, 2.45) is 0 Å². The SMILES string of the molecule is CCCCCCCOC(=O)c1cccc(C(=O)Oc2cc(Cl)c(Cl)cc2Cl)c1. The minimum absolute atomic E-state index is 0.0844. The molecule has 2 aromatic carbocycles. The van der Waals surface area contributed by atoms with Gasteiger partial charge in [-0.05, 0) is 30.7 Å². The van der Waals surface area contributed by atoms with Crippen LogP contribution < -0.4 is 4.74 Å². The van der Waals surface area contributed by atoms with E-state index in [0.29, 0.717) is 6.61 Å². The van der Waals surface area contributed by atoms with Gasteiger partial charge in [0.1, 0.15) is 0 Å². The summed E-state index contributed by atoms with van der Waals surface area (Å²) in [5.41, 5.74) is 0.475. The Morgan fingerprint density at radius 2 is 1.46 bits per heavy atom. The summed E-state index contributed by atoms with van der Waals surface area (Å²) in [6.07, 6.45) is 5.32. The molecule has 0 spiro atoms. The van der Waals surface area contributed by atoms with E-state index >= 15 is 0 Å². The third-order valence-electron chi connectivity index (χ3n) is 3.99. The van der Waals surface area contributed by atoms with Crippen molar-refractivity contribution in [3.8, 4) is 5.75 Å². The molecular weight excluding hydrogens is 423 g/mol. The third-order valence-corrected chi connectivity index (χ3v) is 5.01. The number of hydrogen-bond acceptors (Lipinski definition) is 4. The number of halogens is 3. The molecule has 0 radical (unpaired) electrons. The van der Waals surface area contributed by atoms with Crippen molar-refractivity contribution in [2.45, 2.75) is 39.0 Å². The highest BCUT2D eigenvalue weighted by Gasteiger charge is 2.16. The Balaban J connectivity index is 1.97. The van der Waals surface area contributed by atoms with Gasteiger partial charge in [0.2, 0.25) is 0 Å². The molecule has 0 aromatic heterocycles. The number of benzene rings is 2.